The molecule has 0 aliphatic heterocycles. The van der Waals surface area contributed by atoms with E-state index in [-0.39, 0.29) is 22.0 Å². The molecule has 0 atom stereocenters. The van der Waals surface area contributed by atoms with Crippen LogP contribution in [0.15, 0.2) is 0 Å². The lowest BCUT2D eigenvalue weighted by Gasteiger charge is -2.56. The molecule has 0 heterocycles. The number of carbonyl (C=O) groups excluding carboxylic acids is 2. The van der Waals surface area contributed by atoms with E-state index in [9.17, 15) is 9.59 Å². The maximum Gasteiger partial charge on any atom is 0.248 e. The first-order valence-corrected chi connectivity index (χ1v) is 9.93. The topological polar surface area (TPSA) is 58.2 Å². The molecule has 4 nitrogen and oxygen atoms in total. The Kier molecular flexibility index (Phi) is 4.69. The molecule has 4 rings (SSSR count). The molecule has 5 heteroatoms. The third-order valence-electron chi connectivity index (χ3n) is 5.68. The van der Waals surface area contributed by atoms with E-state index in [1.807, 2.05) is 0 Å². The fraction of sp³-hybridized carbons (Fsp3) is 0.889. The molecule has 0 aromatic rings. The van der Waals surface area contributed by atoms with Gasteiger partial charge in [0, 0.05) is 11.2 Å². The van der Waals surface area contributed by atoms with Gasteiger partial charge in [0.15, 0.2) is 0 Å². The number of thioether (sulfide) groups is 1. The van der Waals surface area contributed by atoms with Crippen molar-refractivity contribution in [3.05, 3.63) is 0 Å². The predicted molar refractivity (Wildman–Crippen MR) is 93.7 cm³/mol. The highest BCUT2D eigenvalue weighted by Crippen LogP contribution is 2.61. The molecule has 0 radical (unpaired) electrons. The van der Waals surface area contributed by atoms with Gasteiger partial charge in [0.2, 0.25) is 11.8 Å². The number of nitrogens with one attached hydrogen (secondary N) is 2. The molecule has 0 unspecified atom stereocenters. The Bertz CT molecular complexity index is 449. The molecule has 2 N–H and O–H groups in total. The van der Waals surface area contributed by atoms with Crippen LogP contribution in [-0.4, -0.2) is 22.3 Å². The maximum absolute atomic E-state index is 12.3. The third-order valence-corrected chi connectivity index (χ3v) is 6.95. The SMILES string of the molecule is CC(C)(C)SCC(=O)NNC(=O)CC12CC3CC(CC(C3)C1)C2. The Hall–Kier alpha value is -0.710. The van der Waals surface area contributed by atoms with Gasteiger partial charge in [0.25, 0.3) is 0 Å². The molecule has 4 aliphatic carbocycles. The molecule has 23 heavy (non-hydrogen) atoms. The summed E-state index contributed by atoms with van der Waals surface area (Å²) in [6, 6.07) is 0. The van der Waals surface area contributed by atoms with Crippen LogP contribution in [0.25, 0.3) is 0 Å². The van der Waals surface area contributed by atoms with E-state index < -0.39 is 0 Å². The van der Waals surface area contributed by atoms with E-state index in [2.05, 4.69) is 31.6 Å². The number of hydrogen-bond donors (Lipinski definition) is 2. The highest BCUT2D eigenvalue weighted by molar-refractivity contribution is 8.01. The van der Waals surface area contributed by atoms with Gasteiger partial charge >= 0.3 is 0 Å². The number of hydrogen-bond acceptors (Lipinski definition) is 3. The van der Waals surface area contributed by atoms with Gasteiger partial charge in [-0.05, 0) is 61.7 Å². The first kappa shape index (κ1) is 17.1. The Balaban J connectivity index is 1.44. The Morgan fingerprint density at radius 1 is 0.957 bits per heavy atom. The van der Waals surface area contributed by atoms with Crippen LogP contribution < -0.4 is 10.9 Å². The zero-order valence-corrected chi connectivity index (χ0v) is 15.4. The third kappa shape index (κ3) is 4.43. The van der Waals surface area contributed by atoms with Crippen molar-refractivity contribution in [2.75, 3.05) is 5.75 Å². The lowest BCUT2D eigenvalue weighted by molar-refractivity contribution is -0.133. The van der Waals surface area contributed by atoms with Gasteiger partial charge in [-0.2, -0.15) is 0 Å². The van der Waals surface area contributed by atoms with E-state index >= 15 is 0 Å². The summed E-state index contributed by atoms with van der Waals surface area (Å²) in [5, 5.41) is 0. The molecule has 0 saturated heterocycles. The molecule has 4 bridgehead atoms. The highest BCUT2D eigenvalue weighted by atomic mass is 32.2. The Labute approximate surface area is 143 Å². The minimum absolute atomic E-state index is 0.0129. The Morgan fingerprint density at radius 3 is 1.91 bits per heavy atom. The molecule has 0 aromatic heterocycles. The minimum atomic E-state index is -0.121. The van der Waals surface area contributed by atoms with Crippen LogP contribution in [0.1, 0.15) is 65.7 Å². The lowest BCUT2D eigenvalue weighted by Crippen LogP contribution is -2.50. The van der Waals surface area contributed by atoms with E-state index in [0.717, 1.165) is 17.8 Å². The van der Waals surface area contributed by atoms with Crippen molar-refractivity contribution < 1.29 is 9.59 Å². The average Bonchev–Trinajstić information content (AvgIpc) is 2.40. The monoisotopic (exact) mass is 338 g/mol. The summed E-state index contributed by atoms with van der Waals surface area (Å²) in [7, 11) is 0. The van der Waals surface area contributed by atoms with Gasteiger partial charge in [-0.1, -0.05) is 20.8 Å². The smallest absolute Gasteiger partial charge is 0.248 e. The second-order valence-corrected chi connectivity index (χ2v) is 10.9. The molecule has 4 fully saturated rings. The first-order valence-electron chi connectivity index (χ1n) is 8.95. The van der Waals surface area contributed by atoms with Crippen molar-refractivity contribution in [3.63, 3.8) is 0 Å². The molecular formula is C18H30N2O2S. The Morgan fingerprint density at radius 2 is 1.43 bits per heavy atom. The zero-order chi connectivity index (χ0) is 16.7. The van der Waals surface area contributed by atoms with Crippen molar-refractivity contribution in [2.45, 2.75) is 70.5 Å². The van der Waals surface area contributed by atoms with Gasteiger partial charge in [-0.3, -0.25) is 20.4 Å². The quantitative estimate of drug-likeness (QED) is 0.774. The van der Waals surface area contributed by atoms with Crippen LogP contribution >= 0.6 is 11.8 Å². The van der Waals surface area contributed by atoms with Gasteiger partial charge in [-0.15, -0.1) is 11.8 Å². The minimum Gasteiger partial charge on any atom is -0.273 e. The number of hydrazine groups is 1. The zero-order valence-electron chi connectivity index (χ0n) is 14.6. The van der Waals surface area contributed by atoms with Crippen LogP contribution in [0.2, 0.25) is 0 Å². The number of amides is 2. The van der Waals surface area contributed by atoms with Crippen molar-refractivity contribution in [1.29, 1.82) is 0 Å². The summed E-state index contributed by atoms with van der Waals surface area (Å²) in [6.07, 6.45) is 8.43. The summed E-state index contributed by atoms with van der Waals surface area (Å²) in [4.78, 5) is 24.1. The second kappa shape index (κ2) is 6.30. The number of carbonyl (C=O) groups is 2. The fourth-order valence-corrected chi connectivity index (χ4v) is 5.99. The average molecular weight is 339 g/mol. The lowest BCUT2D eigenvalue weighted by atomic mass is 9.49. The van der Waals surface area contributed by atoms with Crippen LogP contribution in [0.3, 0.4) is 0 Å². The molecule has 130 valence electrons. The largest absolute Gasteiger partial charge is 0.273 e. The molecular weight excluding hydrogens is 308 g/mol. The van der Waals surface area contributed by atoms with Crippen molar-refractivity contribution >= 4 is 23.6 Å². The molecule has 0 spiro atoms. The summed E-state index contributed by atoms with van der Waals surface area (Å²) < 4.78 is 0.0561. The molecule has 2 amide bonds. The van der Waals surface area contributed by atoms with Crippen LogP contribution in [0, 0.1) is 23.2 Å². The van der Waals surface area contributed by atoms with Crippen LogP contribution in [-0.2, 0) is 9.59 Å². The van der Waals surface area contributed by atoms with E-state index in [4.69, 9.17) is 0 Å². The van der Waals surface area contributed by atoms with Gasteiger partial charge in [0.05, 0.1) is 5.75 Å². The molecule has 4 aliphatic rings. The van der Waals surface area contributed by atoms with Crippen molar-refractivity contribution in [3.8, 4) is 0 Å². The normalized spacial score (nSPS) is 35.2. The second-order valence-electron chi connectivity index (χ2n) is 9.09. The highest BCUT2D eigenvalue weighted by Gasteiger charge is 2.51. The summed E-state index contributed by atoms with van der Waals surface area (Å²) in [6.45, 7) is 6.24. The van der Waals surface area contributed by atoms with E-state index in [1.54, 1.807) is 11.8 Å². The maximum atomic E-state index is 12.3. The molecule has 4 saturated carbocycles. The molecule has 0 aromatic carbocycles. The van der Waals surface area contributed by atoms with E-state index in [0.29, 0.717) is 12.2 Å². The first-order chi connectivity index (χ1) is 10.7. The van der Waals surface area contributed by atoms with Gasteiger partial charge in [-0.25, -0.2) is 0 Å². The summed E-state index contributed by atoms with van der Waals surface area (Å²) in [5.74, 6) is 2.80. The summed E-state index contributed by atoms with van der Waals surface area (Å²) >= 11 is 1.58. The van der Waals surface area contributed by atoms with Crippen LogP contribution in [0.4, 0.5) is 0 Å². The van der Waals surface area contributed by atoms with E-state index in [1.165, 1.54) is 38.5 Å². The van der Waals surface area contributed by atoms with Crippen LogP contribution in [0.5, 0.6) is 0 Å². The van der Waals surface area contributed by atoms with Crippen molar-refractivity contribution in [2.24, 2.45) is 23.2 Å². The fourth-order valence-electron chi connectivity index (χ4n) is 5.35. The number of rotatable bonds is 4. The van der Waals surface area contributed by atoms with Gasteiger partial charge in [0.1, 0.15) is 0 Å². The standard InChI is InChI=1S/C18H30N2O2S/c1-17(2,3)23-11-16(22)20-19-15(21)10-18-7-12-4-13(8-18)6-14(5-12)9-18/h12-14H,4-11H2,1-3H3,(H,19,21)(H,20,22). The summed E-state index contributed by atoms with van der Waals surface area (Å²) in [5.41, 5.74) is 5.45. The van der Waals surface area contributed by atoms with Crippen molar-refractivity contribution in [1.82, 2.24) is 10.9 Å². The van der Waals surface area contributed by atoms with Gasteiger partial charge < -0.3 is 0 Å². The predicted octanol–water partition coefficient (Wildman–Crippen LogP) is 3.27.